The molecule has 16 heavy (non-hydrogen) atoms. The molecule has 1 fully saturated rings. The number of esters is 2. The van der Waals surface area contributed by atoms with Crippen molar-refractivity contribution < 1.29 is 19.1 Å². The molecule has 0 saturated heterocycles. The smallest absolute Gasteiger partial charge is 0.320 e. The maximum Gasteiger partial charge on any atom is 0.320 e. The molecule has 2 atom stereocenters. The van der Waals surface area contributed by atoms with Crippen molar-refractivity contribution in [3.05, 3.63) is 0 Å². The molecule has 1 aliphatic rings. The van der Waals surface area contributed by atoms with Crippen LogP contribution in [-0.4, -0.2) is 26.2 Å². The fourth-order valence-corrected chi connectivity index (χ4v) is 2.52. The average molecular weight is 228 g/mol. The second-order valence-corrected chi connectivity index (χ2v) is 4.56. The maximum atomic E-state index is 11.6. The van der Waals surface area contributed by atoms with Crippen LogP contribution in [0.4, 0.5) is 0 Å². The van der Waals surface area contributed by atoms with Crippen LogP contribution >= 0.6 is 0 Å². The molecule has 0 aromatic rings. The van der Waals surface area contributed by atoms with E-state index in [9.17, 15) is 9.59 Å². The Labute approximate surface area is 96.3 Å². The van der Waals surface area contributed by atoms with Crippen molar-refractivity contribution in [2.24, 2.45) is 17.8 Å². The molecule has 1 aliphatic carbocycles. The van der Waals surface area contributed by atoms with Gasteiger partial charge in [0.2, 0.25) is 0 Å². The lowest BCUT2D eigenvalue weighted by atomic mass is 9.75. The van der Waals surface area contributed by atoms with Gasteiger partial charge in [-0.15, -0.1) is 0 Å². The minimum atomic E-state index is -0.738. The highest BCUT2D eigenvalue weighted by Gasteiger charge is 2.38. The normalized spacial score (nSPS) is 25.2. The van der Waals surface area contributed by atoms with Gasteiger partial charge in [-0.25, -0.2) is 0 Å². The number of carbonyl (C=O) groups excluding carboxylic acids is 2. The minimum absolute atomic E-state index is 0.0728. The molecule has 0 aromatic heterocycles. The molecule has 0 unspecified atom stereocenters. The molecule has 0 aliphatic heterocycles. The van der Waals surface area contributed by atoms with Crippen molar-refractivity contribution >= 4 is 11.9 Å². The molecular weight excluding hydrogens is 208 g/mol. The molecule has 4 heteroatoms. The minimum Gasteiger partial charge on any atom is -0.468 e. The Kier molecular flexibility index (Phi) is 4.77. The van der Waals surface area contributed by atoms with Crippen LogP contribution in [0.15, 0.2) is 0 Å². The number of methoxy groups -OCH3 is 2. The van der Waals surface area contributed by atoms with Crippen molar-refractivity contribution in [3.63, 3.8) is 0 Å². The van der Waals surface area contributed by atoms with Crippen LogP contribution in [0.2, 0.25) is 0 Å². The van der Waals surface area contributed by atoms with Gasteiger partial charge < -0.3 is 9.47 Å². The third-order valence-corrected chi connectivity index (χ3v) is 3.36. The fourth-order valence-electron chi connectivity index (χ4n) is 2.52. The molecule has 0 N–H and O–H groups in total. The summed E-state index contributed by atoms with van der Waals surface area (Å²) in [5, 5.41) is 0. The molecular formula is C12H20O4. The van der Waals surface area contributed by atoms with Crippen molar-refractivity contribution in [2.75, 3.05) is 14.2 Å². The summed E-state index contributed by atoms with van der Waals surface area (Å²) >= 11 is 0. The van der Waals surface area contributed by atoms with Gasteiger partial charge in [0.25, 0.3) is 0 Å². The van der Waals surface area contributed by atoms with Crippen LogP contribution in [0.3, 0.4) is 0 Å². The van der Waals surface area contributed by atoms with Gasteiger partial charge in [-0.3, -0.25) is 9.59 Å². The first-order valence-electron chi connectivity index (χ1n) is 5.75. The predicted octanol–water partition coefficient (Wildman–Crippen LogP) is 1.77. The van der Waals surface area contributed by atoms with E-state index in [1.807, 2.05) is 0 Å². The van der Waals surface area contributed by atoms with Gasteiger partial charge in [-0.1, -0.05) is 19.8 Å². The van der Waals surface area contributed by atoms with Gasteiger partial charge in [0.15, 0.2) is 5.92 Å². The third-order valence-electron chi connectivity index (χ3n) is 3.36. The van der Waals surface area contributed by atoms with E-state index in [0.717, 1.165) is 19.3 Å². The molecule has 1 saturated carbocycles. The molecule has 1 rings (SSSR count). The Balaban J connectivity index is 2.75. The summed E-state index contributed by atoms with van der Waals surface area (Å²) in [5.74, 6) is -1.03. The summed E-state index contributed by atoms with van der Waals surface area (Å²) in [4.78, 5) is 23.2. The van der Waals surface area contributed by atoms with Crippen molar-refractivity contribution in [2.45, 2.75) is 32.6 Å². The van der Waals surface area contributed by atoms with Crippen LogP contribution in [0.1, 0.15) is 32.6 Å². The van der Waals surface area contributed by atoms with Crippen LogP contribution in [0.25, 0.3) is 0 Å². The second-order valence-electron chi connectivity index (χ2n) is 4.56. The third kappa shape index (κ3) is 2.97. The van der Waals surface area contributed by atoms with E-state index in [4.69, 9.17) is 0 Å². The molecule has 0 spiro atoms. The van der Waals surface area contributed by atoms with E-state index >= 15 is 0 Å². The summed E-state index contributed by atoms with van der Waals surface area (Å²) in [5.41, 5.74) is 0. The topological polar surface area (TPSA) is 52.6 Å². The SMILES string of the molecule is COC(=O)C(C(=O)OC)[C@H]1CCC[C@@H](C)C1. The fraction of sp³-hybridized carbons (Fsp3) is 0.833. The molecule has 0 bridgehead atoms. The van der Waals surface area contributed by atoms with Crippen molar-refractivity contribution in [1.29, 1.82) is 0 Å². The zero-order valence-electron chi connectivity index (χ0n) is 10.2. The Morgan fingerprint density at radius 2 is 1.69 bits per heavy atom. The number of ether oxygens (including phenoxy) is 2. The number of rotatable bonds is 3. The first-order chi connectivity index (χ1) is 7.60. The van der Waals surface area contributed by atoms with Gasteiger partial charge in [0.05, 0.1) is 14.2 Å². The summed E-state index contributed by atoms with van der Waals surface area (Å²) in [7, 11) is 2.62. The van der Waals surface area contributed by atoms with Crippen molar-refractivity contribution in [1.82, 2.24) is 0 Å². The molecule has 4 nitrogen and oxygen atoms in total. The lowest BCUT2D eigenvalue weighted by Crippen LogP contribution is -2.35. The number of hydrogen-bond donors (Lipinski definition) is 0. The maximum absolute atomic E-state index is 11.6. The van der Waals surface area contributed by atoms with Crippen LogP contribution in [-0.2, 0) is 19.1 Å². The van der Waals surface area contributed by atoms with E-state index in [1.54, 1.807) is 0 Å². The monoisotopic (exact) mass is 228 g/mol. The molecule has 0 aromatic carbocycles. The van der Waals surface area contributed by atoms with Crippen LogP contribution in [0, 0.1) is 17.8 Å². The zero-order valence-corrected chi connectivity index (χ0v) is 10.2. The first-order valence-corrected chi connectivity index (χ1v) is 5.75. The summed E-state index contributed by atoms with van der Waals surface area (Å²) in [6, 6.07) is 0. The van der Waals surface area contributed by atoms with E-state index in [0.29, 0.717) is 5.92 Å². The van der Waals surface area contributed by atoms with Crippen LogP contribution in [0.5, 0.6) is 0 Å². The summed E-state index contributed by atoms with van der Waals surface area (Å²) in [6.45, 7) is 2.15. The van der Waals surface area contributed by atoms with Gasteiger partial charge in [-0.05, 0) is 24.7 Å². The van der Waals surface area contributed by atoms with E-state index in [2.05, 4.69) is 16.4 Å². The lowest BCUT2D eigenvalue weighted by molar-refractivity contribution is -0.162. The van der Waals surface area contributed by atoms with Gasteiger partial charge >= 0.3 is 11.9 Å². The number of carbonyl (C=O) groups is 2. The van der Waals surface area contributed by atoms with Gasteiger partial charge in [-0.2, -0.15) is 0 Å². The van der Waals surface area contributed by atoms with E-state index < -0.39 is 17.9 Å². The highest BCUT2D eigenvalue weighted by Crippen LogP contribution is 2.34. The Morgan fingerprint density at radius 3 is 2.12 bits per heavy atom. The molecule has 0 heterocycles. The average Bonchev–Trinajstić information content (AvgIpc) is 2.29. The molecule has 0 amide bonds. The summed E-state index contributed by atoms with van der Waals surface area (Å²) < 4.78 is 9.37. The second kappa shape index (κ2) is 5.87. The largest absolute Gasteiger partial charge is 0.468 e. The highest BCUT2D eigenvalue weighted by molar-refractivity contribution is 5.95. The van der Waals surface area contributed by atoms with Crippen LogP contribution < -0.4 is 0 Å². The van der Waals surface area contributed by atoms with Crippen molar-refractivity contribution in [3.8, 4) is 0 Å². The Hall–Kier alpha value is -1.06. The Morgan fingerprint density at radius 1 is 1.12 bits per heavy atom. The molecule has 92 valence electrons. The van der Waals surface area contributed by atoms with E-state index in [1.165, 1.54) is 20.6 Å². The van der Waals surface area contributed by atoms with Gasteiger partial charge in [0, 0.05) is 0 Å². The molecule has 0 radical (unpaired) electrons. The van der Waals surface area contributed by atoms with E-state index in [-0.39, 0.29) is 5.92 Å². The van der Waals surface area contributed by atoms with Gasteiger partial charge in [0.1, 0.15) is 0 Å². The summed E-state index contributed by atoms with van der Waals surface area (Å²) in [6.07, 6.45) is 4.04. The Bertz CT molecular complexity index is 246. The number of hydrogen-bond acceptors (Lipinski definition) is 4. The zero-order chi connectivity index (χ0) is 12.1. The predicted molar refractivity (Wildman–Crippen MR) is 58.6 cm³/mol. The highest BCUT2D eigenvalue weighted by atomic mass is 16.5. The quantitative estimate of drug-likeness (QED) is 0.545. The lowest BCUT2D eigenvalue weighted by Gasteiger charge is -2.30. The standard InChI is InChI=1S/C12H20O4/c1-8-5-4-6-9(7-8)10(11(13)15-2)12(14)16-3/h8-10H,4-7H2,1-3H3/t8-,9+/m1/s1. The first kappa shape index (κ1) is 13.0.